The lowest BCUT2D eigenvalue weighted by Gasteiger charge is -2.15. The summed E-state index contributed by atoms with van der Waals surface area (Å²) in [5.41, 5.74) is 6.44. The molecule has 1 aromatic carbocycles. The quantitative estimate of drug-likeness (QED) is 0.685. The molecule has 0 spiro atoms. The first-order valence-electron chi connectivity index (χ1n) is 5.95. The normalized spacial score (nSPS) is 19.2. The maximum Gasteiger partial charge on any atom is 0.273 e. The van der Waals surface area contributed by atoms with Crippen LogP contribution in [0.25, 0.3) is 0 Å². The first kappa shape index (κ1) is 16.2. The molecular formula is C12H17Cl2N3O2. The molecule has 2 N–H and O–H groups in total. The standard InChI is InChI=1S/C12H16ClN3O2.ClH/c13-11-1-2-12(16(17)18)10(5-11)8-15-4-3-9(6-14)7-15;/h1-2,5,9H,3-4,6-8,14H2;1H. The second-order valence-electron chi connectivity index (χ2n) is 4.66. The SMILES string of the molecule is Cl.NCC1CCN(Cc2cc(Cl)ccc2[N+](=O)[O-])C1. The van der Waals surface area contributed by atoms with Gasteiger partial charge in [0.15, 0.2) is 0 Å². The lowest BCUT2D eigenvalue weighted by atomic mass is 10.1. The summed E-state index contributed by atoms with van der Waals surface area (Å²) in [5, 5.41) is 11.5. The molecule has 0 radical (unpaired) electrons. The average Bonchev–Trinajstić information content (AvgIpc) is 2.76. The van der Waals surface area contributed by atoms with Gasteiger partial charge in [-0.05, 0) is 37.6 Å². The number of nitrogens with two attached hydrogens (primary N) is 1. The molecule has 7 heteroatoms. The summed E-state index contributed by atoms with van der Waals surface area (Å²) in [6.07, 6.45) is 1.06. The highest BCUT2D eigenvalue weighted by Gasteiger charge is 2.24. The van der Waals surface area contributed by atoms with E-state index in [1.54, 1.807) is 12.1 Å². The van der Waals surface area contributed by atoms with Gasteiger partial charge < -0.3 is 5.73 Å². The van der Waals surface area contributed by atoms with Crippen molar-refractivity contribution in [3.8, 4) is 0 Å². The molecule has 1 aliphatic heterocycles. The summed E-state index contributed by atoms with van der Waals surface area (Å²) in [7, 11) is 0. The van der Waals surface area contributed by atoms with E-state index in [4.69, 9.17) is 17.3 Å². The van der Waals surface area contributed by atoms with E-state index in [9.17, 15) is 10.1 Å². The fourth-order valence-corrected chi connectivity index (χ4v) is 2.54. The molecule has 0 amide bonds. The van der Waals surface area contributed by atoms with E-state index in [0.29, 0.717) is 29.6 Å². The fourth-order valence-electron chi connectivity index (χ4n) is 2.35. The van der Waals surface area contributed by atoms with Crippen LogP contribution in [0, 0.1) is 16.0 Å². The van der Waals surface area contributed by atoms with Gasteiger partial charge in [-0.15, -0.1) is 12.4 Å². The van der Waals surface area contributed by atoms with Crippen LogP contribution in [0.2, 0.25) is 5.02 Å². The monoisotopic (exact) mass is 305 g/mol. The van der Waals surface area contributed by atoms with Crippen LogP contribution in [0.4, 0.5) is 5.69 Å². The zero-order chi connectivity index (χ0) is 13.1. The smallest absolute Gasteiger partial charge is 0.273 e. The van der Waals surface area contributed by atoms with E-state index in [0.717, 1.165) is 19.5 Å². The van der Waals surface area contributed by atoms with Gasteiger partial charge >= 0.3 is 0 Å². The van der Waals surface area contributed by atoms with Crippen molar-refractivity contribution in [2.24, 2.45) is 11.7 Å². The maximum absolute atomic E-state index is 11.0. The summed E-state index contributed by atoms with van der Waals surface area (Å²) in [5.74, 6) is 0.503. The van der Waals surface area contributed by atoms with E-state index in [-0.39, 0.29) is 23.0 Å². The molecule has 0 aliphatic carbocycles. The molecular weight excluding hydrogens is 289 g/mol. The van der Waals surface area contributed by atoms with E-state index in [2.05, 4.69) is 4.90 Å². The second kappa shape index (κ2) is 7.05. The van der Waals surface area contributed by atoms with Gasteiger partial charge in [-0.1, -0.05) is 11.6 Å². The van der Waals surface area contributed by atoms with Gasteiger partial charge in [-0.25, -0.2) is 0 Å². The Hall–Kier alpha value is -0.880. The van der Waals surface area contributed by atoms with Gasteiger partial charge in [0, 0.05) is 29.7 Å². The third-order valence-corrected chi connectivity index (χ3v) is 3.57. The first-order chi connectivity index (χ1) is 8.60. The zero-order valence-corrected chi connectivity index (χ0v) is 12.0. The van der Waals surface area contributed by atoms with Gasteiger partial charge in [0.25, 0.3) is 5.69 Å². The second-order valence-corrected chi connectivity index (χ2v) is 5.09. The average molecular weight is 306 g/mol. The van der Waals surface area contributed by atoms with Gasteiger partial charge in [-0.3, -0.25) is 15.0 Å². The predicted molar refractivity (Wildman–Crippen MR) is 77.8 cm³/mol. The van der Waals surface area contributed by atoms with Gasteiger partial charge in [-0.2, -0.15) is 0 Å². The Balaban J connectivity index is 0.00000180. The molecule has 1 atom stereocenters. The Kier molecular flexibility index (Phi) is 6.00. The molecule has 0 aromatic heterocycles. The minimum absolute atomic E-state index is 0. The molecule has 5 nitrogen and oxygen atoms in total. The molecule has 1 aromatic rings. The van der Waals surface area contributed by atoms with Crippen LogP contribution in [-0.2, 0) is 6.54 Å². The van der Waals surface area contributed by atoms with Crippen LogP contribution in [0.1, 0.15) is 12.0 Å². The van der Waals surface area contributed by atoms with Crippen molar-refractivity contribution in [1.29, 1.82) is 0 Å². The molecule has 19 heavy (non-hydrogen) atoms. The Morgan fingerprint density at radius 2 is 2.26 bits per heavy atom. The molecule has 1 heterocycles. The third-order valence-electron chi connectivity index (χ3n) is 3.34. The zero-order valence-electron chi connectivity index (χ0n) is 10.4. The maximum atomic E-state index is 11.0. The molecule has 1 aliphatic rings. The van der Waals surface area contributed by atoms with Crippen LogP contribution in [0.3, 0.4) is 0 Å². The topological polar surface area (TPSA) is 72.4 Å². The van der Waals surface area contributed by atoms with Crippen molar-refractivity contribution in [2.75, 3.05) is 19.6 Å². The molecule has 1 saturated heterocycles. The van der Waals surface area contributed by atoms with Gasteiger partial charge in [0.05, 0.1) is 4.92 Å². The van der Waals surface area contributed by atoms with Crippen LogP contribution in [-0.4, -0.2) is 29.5 Å². The van der Waals surface area contributed by atoms with Crippen LogP contribution >= 0.6 is 24.0 Å². The lowest BCUT2D eigenvalue weighted by Crippen LogP contribution is -2.23. The number of hydrogen-bond acceptors (Lipinski definition) is 4. The van der Waals surface area contributed by atoms with E-state index >= 15 is 0 Å². The summed E-state index contributed by atoms with van der Waals surface area (Å²) >= 11 is 5.90. The van der Waals surface area contributed by atoms with Crippen molar-refractivity contribution in [3.05, 3.63) is 38.9 Å². The summed E-state index contributed by atoms with van der Waals surface area (Å²) in [6.45, 7) is 3.08. The molecule has 2 rings (SSSR count). The summed E-state index contributed by atoms with van der Waals surface area (Å²) in [6, 6.07) is 4.69. The number of nitrogens with zero attached hydrogens (tertiary/aromatic N) is 2. The third kappa shape index (κ3) is 4.04. The van der Waals surface area contributed by atoms with Crippen molar-refractivity contribution in [2.45, 2.75) is 13.0 Å². The highest BCUT2D eigenvalue weighted by molar-refractivity contribution is 6.30. The number of benzene rings is 1. The Bertz CT molecular complexity index is 457. The Labute approximate surface area is 123 Å². The molecule has 0 bridgehead atoms. The number of nitro benzene ring substituents is 1. The van der Waals surface area contributed by atoms with Gasteiger partial charge in [0.1, 0.15) is 0 Å². The number of likely N-dealkylation sites (tertiary alicyclic amines) is 1. The molecule has 1 fully saturated rings. The largest absolute Gasteiger partial charge is 0.330 e. The summed E-state index contributed by atoms with van der Waals surface area (Å²) < 4.78 is 0. The van der Waals surface area contributed by atoms with Crippen molar-refractivity contribution >= 4 is 29.7 Å². The van der Waals surface area contributed by atoms with Crippen molar-refractivity contribution in [3.63, 3.8) is 0 Å². The Morgan fingerprint density at radius 1 is 1.53 bits per heavy atom. The van der Waals surface area contributed by atoms with Crippen LogP contribution in [0.5, 0.6) is 0 Å². The van der Waals surface area contributed by atoms with E-state index in [1.165, 1.54) is 6.07 Å². The first-order valence-corrected chi connectivity index (χ1v) is 6.33. The number of rotatable bonds is 4. The van der Waals surface area contributed by atoms with E-state index < -0.39 is 0 Å². The highest BCUT2D eigenvalue weighted by Crippen LogP contribution is 2.26. The minimum Gasteiger partial charge on any atom is -0.330 e. The van der Waals surface area contributed by atoms with E-state index in [1.807, 2.05) is 0 Å². The number of halogens is 2. The highest BCUT2D eigenvalue weighted by atomic mass is 35.5. The van der Waals surface area contributed by atoms with Crippen LogP contribution < -0.4 is 5.73 Å². The lowest BCUT2D eigenvalue weighted by molar-refractivity contribution is -0.385. The number of hydrogen-bond donors (Lipinski definition) is 1. The van der Waals surface area contributed by atoms with Gasteiger partial charge in [0.2, 0.25) is 0 Å². The molecule has 106 valence electrons. The van der Waals surface area contributed by atoms with Crippen molar-refractivity contribution < 1.29 is 4.92 Å². The Morgan fingerprint density at radius 3 is 2.84 bits per heavy atom. The fraction of sp³-hybridized carbons (Fsp3) is 0.500. The summed E-state index contributed by atoms with van der Waals surface area (Å²) in [4.78, 5) is 12.8. The van der Waals surface area contributed by atoms with Crippen molar-refractivity contribution in [1.82, 2.24) is 4.90 Å². The minimum atomic E-state index is -0.359. The molecule has 1 unspecified atom stereocenters. The van der Waals surface area contributed by atoms with Crippen LogP contribution in [0.15, 0.2) is 18.2 Å². The number of nitro groups is 1. The predicted octanol–water partition coefficient (Wildman–Crippen LogP) is 2.45. The molecule has 0 saturated carbocycles.